The molecule has 1 saturated heterocycles. The van der Waals surface area contributed by atoms with Gasteiger partial charge in [-0.15, -0.1) is 5.10 Å². The Hall–Kier alpha value is -2.19. The monoisotopic (exact) mass is 417 g/mol. The van der Waals surface area contributed by atoms with Gasteiger partial charge in [0, 0.05) is 30.9 Å². The van der Waals surface area contributed by atoms with Crippen LogP contribution in [0.3, 0.4) is 0 Å². The summed E-state index contributed by atoms with van der Waals surface area (Å²) in [6.45, 7) is 5.57. The first kappa shape index (κ1) is 17.2. The van der Waals surface area contributed by atoms with Crippen molar-refractivity contribution >= 4 is 32.9 Å². The van der Waals surface area contributed by atoms with E-state index in [0.717, 1.165) is 40.8 Å². The van der Waals surface area contributed by atoms with Gasteiger partial charge in [-0.3, -0.25) is 9.78 Å². The van der Waals surface area contributed by atoms with Gasteiger partial charge in [0.25, 0.3) is 5.56 Å². The molecule has 136 valence electrons. The zero-order valence-corrected chi connectivity index (χ0v) is 16.5. The zero-order valence-electron chi connectivity index (χ0n) is 14.9. The Balaban J connectivity index is 1.79. The fraction of sp³-hybridized carbons (Fsp3) is 0.389. The van der Waals surface area contributed by atoms with Crippen molar-refractivity contribution in [3.63, 3.8) is 0 Å². The zero-order chi connectivity index (χ0) is 18.4. The molecule has 0 bridgehead atoms. The van der Waals surface area contributed by atoms with E-state index in [1.54, 1.807) is 18.0 Å². The first-order chi connectivity index (χ1) is 12.5. The highest BCUT2D eigenvalue weighted by Gasteiger charge is 2.24. The predicted octanol–water partition coefficient (Wildman–Crippen LogP) is 2.71. The molecule has 2 aromatic heterocycles. The molecule has 8 heteroatoms. The Morgan fingerprint density at radius 1 is 1.31 bits per heavy atom. The Morgan fingerprint density at radius 2 is 2.04 bits per heavy atom. The summed E-state index contributed by atoms with van der Waals surface area (Å²) in [6.07, 6.45) is 2.83. The van der Waals surface area contributed by atoms with E-state index in [1.165, 1.54) is 0 Å². The summed E-state index contributed by atoms with van der Waals surface area (Å²) in [7, 11) is 1.71. The lowest BCUT2D eigenvalue weighted by molar-refractivity contribution is 0.121. The van der Waals surface area contributed by atoms with Crippen molar-refractivity contribution in [2.75, 3.05) is 25.1 Å². The number of rotatable bonds is 3. The number of hydrogen-bond donors (Lipinski definition) is 1. The van der Waals surface area contributed by atoms with Crippen molar-refractivity contribution in [2.24, 2.45) is 0 Å². The number of nitrogens with zero attached hydrogens (tertiary/aromatic N) is 4. The number of fused-ring (bicyclic) bond motifs is 1. The highest BCUT2D eigenvalue weighted by atomic mass is 79.9. The number of halogens is 1. The summed E-state index contributed by atoms with van der Waals surface area (Å²) in [5, 5.41) is 5.06. The van der Waals surface area contributed by atoms with Crippen molar-refractivity contribution in [1.29, 1.82) is 0 Å². The number of ether oxygens (including phenoxy) is 1. The normalized spacial score (nSPS) is 17.4. The van der Waals surface area contributed by atoms with Crippen LogP contribution in [0, 0.1) is 13.8 Å². The number of methoxy groups -OCH3 is 1. The number of aromatic nitrogens is 4. The number of benzene rings is 1. The molecule has 7 nitrogen and oxygen atoms in total. The van der Waals surface area contributed by atoms with Gasteiger partial charge in [0.1, 0.15) is 5.39 Å². The van der Waals surface area contributed by atoms with Crippen LogP contribution < -0.4 is 10.5 Å². The minimum atomic E-state index is -0.176. The third-order valence-corrected chi connectivity index (χ3v) is 5.30. The standard InChI is InChI=1S/C18H20BrN5O2/c1-10-6-12(19)7-11(2)15(10)24-9-14-16(22-24)20-18(21-17(14)25)23-5-4-13(8-23)26-3/h6-7,9,13H,4-5,8H2,1-3H3,(H,20,21,22,25)/t13-/m0/s1. The highest BCUT2D eigenvalue weighted by molar-refractivity contribution is 9.10. The van der Waals surface area contributed by atoms with Crippen LogP contribution in [0.5, 0.6) is 0 Å². The number of anilines is 1. The lowest BCUT2D eigenvalue weighted by atomic mass is 10.1. The predicted molar refractivity (Wildman–Crippen MR) is 104 cm³/mol. The minimum Gasteiger partial charge on any atom is -0.380 e. The summed E-state index contributed by atoms with van der Waals surface area (Å²) in [5.74, 6) is 0.552. The quantitative estimate of drug-likeness (QED) is 0.708. The Bertz CT molecular complexity index is 1020. The molecule has 0 spiro atoms. The molecule has 1 aliphatic rings. The lowest BCUT2D eigenvalue weighted by Crippen LogP contribution is -2.26. The SMILES string of the molecule is CO[C@H]1CCN(c2nc3nn(-c4c(C)cc(Br)cc4C)cc3c(=O)[nH]2)C1. The Kier molecular flexibility index (Phi) is 4.32. The summed E-state index contributed by atoms with van der Waals surface area (Å²) in [5.41, 5.74) is 3.39. The van der Waals surface area contributed by atoms with Gasteiger partial charge in [0.15, 0.2) is 5.65 Å². The Labute approximate surface area is 159 Å². The molecular weight excluding hydrogens is 398 g/mol. The number of aryl methyl sites for hydroxylation is 2. The van der Waals surface area contributed by atoms with Crippen LogP contribution in [0.4, 0.5) is 5.95 Å². The average molecular weight is 418 g/mol. The van der Waals surface area contributed by atoms with Crippen LogP contribution in [0.15, 0.2) is 27.6 Å². The maximum Gasteiger partial charge on any atom is 0.263 e. The second kappa shape index (κ2) is 6.51. The topological polar surface area (TPSA) is 76.0 Å². The maximum atomic E-state index is 12.6. The molecule has 1 atom stereocenters. The maximum absolute atomic E-state index is 12.6. The molecule has 26 heavy (non-hydrogen) atoms. The van der Waals surface area contributed by atoms with E-state index in [0.29, 0.717) is 17.0 Å². The van der Waals surface area contributed by atoms with Crippen LogP contribution in [-0.2, 0) is 4.74 Å². The van der Waals surface area contributed by atoms with E-state index in [2.05, 4.69) is 31.0 Å². The minimum absolute atomic E-state index is 0.168. The number of H-pyrrole nitrogens is 1. The van der Waals surface area contributed by atoms with Crippen molar-refractivity contribution in [1.82, 2.24) is 19.7 Å². The molecule has 3 heterocycles. The van der Waals surface area contributed by atoms with E-state index in [1.807, 2.05) is 30.9 Å². The third-order valence-electron chi connectivity index (χ3n) is 4.84. The van der Waals surface area contributed by atoms with Gasteiger partial charge in [-0.25, -0.2) is 4.68 Å². The van der Waals surface area contributed by atoms with Crippen LogP contribution >= 0.6 is 15.9 Å². The molecule has 3 aromatic rings. The van der Waals surface area contributed by atoms with Crippen molar-refractivity contribution < 1.29 is 4.74 Å². The summed E-state index contributed by atoms with van der Waals surface area (Å²) >= 11 is 3.51. The molecule has 0 unspecified atom stereocenters. The average Bonchev–Trinajstić information content (AvgIpc) is 3.20. The van der Waals surface area contributed by atoms with E-state index < -0.39 is 0 Å². The van der Waals surface area contributed by atoms with Crippen LogP contribution in [-0.4, -0.2) is 46.1 Å². The van der Waals surface area contributed by atoms with Crippen molar-refractivity contribution in [3.05, 3.63) is 44.3 Å². The van der Waals surface area contributed by atoms with Gasteiger partial charge in [0.2, 0.25) is 5.95 Å². The summed E-state index contributed by atoms with van der Waals surface area (Å²) in [4.78, 5) is 22.1. The molecule has 1 fully saturated rings. The fourth-order valence-corrected chi connectivity index (χ4v) is 4.23. The molecule has 0 radical (unpaired) electrons. The van der Waals surface area contributed by atoms with E-state index in [9.17, 15) is 4.79 Å². The molecule has 0 amide bonds. The summed E-state index contributed by atoms with van der Waals surface area (Å²) in [6, 6.07) is 4.07. The van der Waals surface area contributed by atoms with Crippen LogP contribution in [0.1, 0.15) is 17.5 Å². The van der Waals surface area contributed by atoms with Gasteiger partial charge in [-0.05, 0) is 43.5 Å². The smallest absolute Gasteiger partial charge is 0.263 e. The Morgan fingerprint density at radius 3 is 2.69 bits per heavy atom. The van der Waals surface area contributed by atoms with E-state index in [4.69, 9.17) is 4.74 Å². The lowest BCUT2D eigenvalue weighted by Gasteiger charge is -2.15. The second-order valence-corrected chi connectivity index (χ2v) is 7.60. The largest absolute Gasteiger partial charge is 0.380 e. The first-order valence-corrected chi connectivity index (χ1v) is 9.30. The molecule has 0 aliphatic carbocycles. The molecule has 1 aromatic carbocycles. The third kappa shape index (κ3) is 2.93. The number of aromatic amines is 1. The van der Waals surface area contributed by atoms with Crippen molar-refractivity contribution in [2.45, 2.75) is 26.4 Å². The van der Waals surface area contributed by atoms with Gasteiger partial charge in [-0.1, -0.05) is 15.9 Å². The van der Waals surface area contributed by atoms with Crippen LogP contribution in [0.2, 0.25) is 0 Å². The fourth-order valence-electron chi connectivity index (χ4n) is 3.55. The molecule has 1 aliphatic heterocycles. The van der Waals surface area contributed by atoms with Crippen molar-refractivity contribution in [3.8, 4) is 5.69 Å². The molecule has 0 saturated carbocycles. The number of nitrogens with one attached hydrogen (secondary N) is 1. The molecule has 4 rings (SSSR count). The first-order valence-electron chi connectivity index (χ1n) is 8.51. The summed E-state index contributed by atoms with van der Waals surface area (Å²) < 4.78 is 8.16. The molecule has 1 N–H and O–H groups in total. The highest BCUT2D eigenvalue weighted by Crippen LogP contribution is 2.25. The van der Waals surface area contributed by atoms with Gasteiger partial charge >= 0.3 is 0 Å². The van der Waals surface area contributed by atoms with Crippen LogP contribution in [0.25, 0.3) is 16.7 Å². The van der Waals surface area contributed by atoms with E-state index >= 15 is 0 Å². The van der Waals surface area contributed by atoms with Gasteiger partial charge in [-0.2, -0.15) is 4.98 Å². The van der Waals surface area contributed by atoms with Gasteiger partial charge < -0.3 is 9.64 Å². The van der Waals surface area contributed by atoms with Gasteiger partial charge in [0.05, 0.1) is 11.8 Å². The molecular formula is C18H20BrN5O2. The second-order valence-electron chi connectivity index (χ2n) is 6.68. The van der Waals surface area contributed by atoms with E-state index in [-0.39, 0.29) is 11.7 Å². The number of hydrogen-bond acceptors (Lipinski definition) is 5.